The average Bonchev–Trinajstić information content (AvgIpc) is 2.57. The topological polar surface area (TPSA) is 144 Å². The summed E-state index contributed by atoms with van der Waals surface area (Å²) in [5, 5.41) is 8.93. The highest BCUT2D eigenvalue weighted by molar-refractivity contribution is 5.68. The zero-order valence-corrected chi connectivity index (χ0v) is 16.2. The van der Waals surface area contributed by atoms with Crippen LogP contribution in [0.2, 0.25) is 0 Å². The van der Waals surface area contributed by atoms with Crippen LogP contribution in [-0.2, 0) is 47.6 Å². The minimum atomic E-state index is -1.27. The molecule has 1 rings (SSSR count). The molecule has 1 aliphatic rings. The molecule has 1 N–H and O–H groups in total. The number of hydrogen-bond donors (Lipinski definition) is 1. The first-order valence-electron chi connectivity index (χ1n) is 8.68. The second-order valence-corrected chi connectivity index (χ2v) is 6.02. The van der Waals surface area contributed by atoms with E-state index in [-0.39, 0.29) is 26.2 Å². The molecule has 0 aliphatic carbocycles. The van der Waals surface area contributed by atoms with Crippen LogP contribution in [-0.4, -0.2) is 79.5 Å². The van der Waals surface area contributed by atoms with E-state index in [2.05, 4.69) is 0 Å². The highest BCUT2D eigenvalue weighted by Crippen LogP contribution is 2.30. The molecule has 1 fully saturated rings. The second kappa shape index (κ2) is 11.6. The molecule has 5 atom stereocenters. The highest BCUT2D eigenvalue weighted by Gasteiger charge is 2.52. The van der Waals surface area contributed by atoms with Gasteiger partial charge in [0.25, 0.3) is 0 Å². The van der Waals surface area contributed by atoms with Gasteiger partial charge >= 0.3 is 23.9 Å². The van der Waals surface area contributed by atoms with Gasteiger partial charge < -0.3 is 33.5 Å². The van der Waals surface area contributed by atoms with E-state index < -0.39 is 54.6 Å². The van der Waals surface area contributed by atoms with Crippen molar-refractivity contribution >= 4 is 23.9 Å². The second-order valence-electron chi connectivity index (χ2n) is 6.02. The molecule has 1 heterocycles. The number of aliphatic hydroxyl groups is 1. The number of ether oxygens (including phenoxy) is 6. The minimum Gasteiger partial charge on any atom is -0.463 e. The van der Waals surface area contributed by atoms with Crippen LogP contribution in [0, 0.1) is 0 Å². The summed E-state index contributed by atoms with van der Waals surface area (Å²) in [6.45, 7) is 4.17. The van der Waals surface area contributed by atoms with Crippen molar-refractivity contribution in [1.82, 2.24) is 0 Å². The van der Waals surface area contributed by atoms with E-state index in [1.807, 2.05) is 0 Å². The van der Waals surface area contributed by atoms with Crippen molar-refractivity contribution < 1.29 is 52.7 Å². The average molecular weight is 406 g/mol. The molecular weight excluding hydrogens is 380 g/mol. The number of aliphatic hydroxyl groups excluding tert-OH is 1. The normalized spacial score (nSPS) is 26.8. The molecule has 0 spiro atoms. The zero-order valence-electron chi connectivity index (χ0n) is 16.2. The van der Waals surface area contributed by atoms with Gasteiger partial charge in [-0.2, -0.15) is 0 Å². The highest BCUT2D eigenvalue weighted by atomic mass is 16.7. The van der Waals surface area contributed by atoms with Crippen LogP contribution in [0.4, 0.5) is 0 Å². The monoisotopic (exact) mass is 406 g/mol. The summed E-state index contributed by atoms with van der Waals surface area (Å²) >= 11 is 0. The Morgan fingerprint density at radius 2 is 1.36 bits per heavy atom. The lowest BCUT2D eigenvalue weighted by Crippen LogP contribution is -2.63. The molecule has 11 heteroatoms. The van der Waals surface area contributed by atoms with E-state index in [4.69, 9.17) is 33.5 Å². The summed E-state index contributed by atoms with van der Waals surface area (Å²) in [6.07, 6.45) is -5.73. The molecule has 28 heavy (non-hydrogen) atoms. The summed E-state index contributed by atoms with van der Waals surface area (Å²) in [5.74, 6) is -2.74. The van der Waals surface area contributed by atoms with Crippen LogP contribution >= 0.6 is 0 Å². The standard InChI is InChI=1S/C17H26O11/c1-9(19)24-8-13-14(25-10(2)20)15(26-11(3)21)16(27-12(4)22)17(28-13)23-7-5-6-18/h13-18H,5-8H2,1-4H3/t13?,14-,15?,16-,17?/m1/s1. The van der Waals surface area contributed by atoms with Crippen LogP contribution in [0.3, 0.4) is 0 Å². The summed E-state index contributed by atoms with van der Waals surface area (Å²) < 4.78 is 31.8. The summed E-state index contributed by atoms with van der Waals surface area (Å²) in [4.78, 5) is 45.9. The van der Waals surface area contributed by atoms with Gasteiger partial charge in [0, 0.05) is 34.3 Å². The smallest absolute Gasteiger partial charge is 0.303 e. The van der Waals surface area contributed by atoms with Gasteiger partial charge in [-0.05, 0) is 6.42 Å². The Balaban J connectivity index is 3.21. The van der Waals surface area contributed by atoms with Crippen molar-refractivity contribution in [2.45, 2.75) is 64.8 Å². The Hall–Kier alpha value is -2.24. The maximum absolute atomic E-state index is 11.6. The van der Waals surface area contributed by atoms with Crippen molar-refractivity contribution in [3.8, 4) is 0 Å². The van der Waals surface area contributed by atoms with Gasteiger partial charge in [0.2, 0.25) is 0 Å². The van der Waals surface area contributed by atoms with Crippen LogP contribution in [0.15, 0.2) is 0 Å². The van der Waals surface area contributed by atoms with E-state index in [0.29, 0.717) is 0 Å². The molecular formula is C17H26O11. The Morgan fingerprint density at radius 1 is 0.821 bits per heavy atom. The Bertz CT molecular complexity index is 561. The van der Waals surface area contributed by atoms with Crippen LogP contribution < -0.4 is 0 Å². The number of carbonyl (C=O) groups is 4. The predicted octanol–water partition coefficient (Wildman–Crippen LogP) is -0.531. The van der Waals surface area contributed by atoms with Gasteiger partial charge in [0.05, 0.1) is 6.61 Å². The van der Waals surface area contributed by atoms with Gasteiger partial charge in [0.15, 0.2) is 24.6 Å². The summed E-state index contributed by atoms with van der Waals surface area (Å²) in [5.41, 5.74) is 0. The fourth-order valence-corrected chi connectivity index (χ4v) is 2.59. The maximum Gasteiger partial charge on any atom is 0.303 e. The number of rotatable bonds is 9. The largest absolute Gasteiger partial charge is 0.463 e. The van der Waals surface area contributed by atoms with Crippen LogP contribution in [0.25, 0.3) is 0 Å². The van der Waals surface area contributed by atoms with Gasteiger partial charge in [-0.25, -0.2) is 0 Å². The number of hydrogen-bond acceptors (Lipinski definition) is 11. The summed E-state index contributed by atoms with van der Waals surface area (Å²) in [7, 11) is 0. The summed E-state index contributed by atoms with van der Waals surface area (Å²) in [6, 6.07) is 0. The van der Waals surface area contributed by atoms with Gasteiger partial charge in [0.1, 0.15) is 12.7 Å². The predicted molar refractivity (Wildman–Crippen MR) is 89.6 cm³/mol. The molecule has 11 nitrogen and oxygen atoms in total. The molecule has 0 amide bonds. The minimum absolute atomic E-state index is 0.0459. The number of carbonyl (C=O) groups excluding carboxylic acids is 4. The van der Waals surface area contributed by atoms with Crippen LogP contribution in [0.1, 0.15) is 34.1 Å². The lowest BCUT2D eigenvalue weighted by Gasteiger charge is -2.44. The number of esters is 4. The van der Waals surface area contributed by atoms with E-state index in [0.717, 1.165) is 20.8 Å². The van der Waals surface area contributed by atoms with Crippen molar-refractivity contribution in [2.75, 3.05) is 19.8 Å². The molecule has 3 unspecified atom stereocenters. The molecule has 0 bridgehead atoms. The quantitative estimate of drug-likeness (QED) is 0.300. The third-order valence-corrected chi connectivity index (χ3v) is 3.53. The first-order chi connectivity index (χ1) is 13.1. The van der Waals surface area contributed by atoms with Crippen molar-refractivity contribution in [3.63, 3.8) is 0 Å². The van der Waals surface area contributed by atoms with E-state index in [1.165, 1.54) is 6.92 Å². The van der Waals surface area contributed by atoms with E-state index >= 15 is 0 Å². The van der Waals surface area contributed by atoms with Crippen LogP contribution in [0.5, 0.6) is 0 Å². The van der Waals surface area contributed by atoms with Crippen molar-refractivity contribution in [3.05, 3.63) is 0 Å². The van der Waals surface area contributed by atoms with Crippen molar-refractivity contribution in [1.29, 1.82) is 0 Å². The fourth-order valence-electron chi connectivity index (χ4n) is 2.59. The fraction of sp³-hybridized carbons (Fsp3) is 0.765. The first kappa shape index (κ1) is 23.8. The first-order valence-corrected chi connectivity index (χ1v) is 8.68. The van der Waals surface area contributed by atoms with Gasteiger partial charge in [-0.3, -0.25) is 19.2 Å². The lowest BCUT2D eigenvalue weighted by molar-refractivity contribution is -0.308. The Labute approximate surface area is 162 Å². The molecule has 0 aromatic rings. The SMILES string of the molecule is CC(=O)OCC1OC(OCCCO)[C@H](OC(C)=O)C(OC(C)=O)[C@@H]1OC(C)=O. The third-order valence-electron chi connectivity index (χ3n) is 3.53. The van der Waals surface area contributed by atoms with Gasteiger partial charge in [-0.1, -0.05) is 0 Å². The lowest BCUT2D eigenvalue weighted by atomic mass is 9.98. The Kier molecular flexibility index (Phi) is 9.83. The molecule has 0 saturated carbocycles. The Morgan fingerprint density at radius 3 is 1.86 bits per heavy atom. The molecule has 160 valence electrons. The maximum atomic E-state index is 11.6. The molecule has 0 aromatic carbocycles. The molecule has 0 radical (unpaired) electrons. The van der Waals surface area contributed by atoms with E-state index in [1.54, 1.807) is 0 Å². The van der Waals surface area contributed by atoms with E-state index in [9.17, 15) is 19.2 Å². The zero-order chi connectivity index (χ0) is 21.3. The third kappa shape index (κ3) is 7.79. The van der Waals surface area contributed by atoms with Gasteiger partial charge in [-0.15, -0.1) is 0 Å². The van der Waals surface area contributed by atoms with Crippen molar-refractivity contribution in [2.24, 2.45) is 0 Å². The molecule has 1 saturated heterocycles. The molecule has 0 aromatic heterocycles. The molecule has 1 aliphatic heterocycles.